The third-order valence-electron chi connectivity index (χ3n) is 10.3. The Bertz CT molecular complexity index is 1810. The molecule has 2 aromatic carbocycles. The van der Waals surface area contributed by atoms with Crippen LogP contribution in [0.4, 0.5) is 0 Å². The van der Waals surface area contributed by atoms with Crippen molar-refractivity contribution < 1.29 is 42.3 Å². The zero-order chi connectivity index (χ0) is 42.4. The standard InChI is InChI=1S/C40H59N7O9S/c1-6-26(4)36(39(52)47-22-10-13-29(47)24-34(42)48)46(5)38(51)33(23-25(2)3)44-37(50)31(20-21-41)43-35(49)19-18-32(40(53)54)45-57(55,56)30-16-14-28(15-17-30)27-11-8-7-9-12-27/h7-9,11-12,14-17,25-26,29,31-33,36,45H,6,10,13,18-24,41H2,1-5H3,(H2,42,48)(H,43,49)(H,44,50)(H,53,54)/t26-,29-,31-,32+,33-,36-/m0/s1. The van der Waals surface area contributed by atoms with E-state index in [2.05, 4.69) is 15.4 Å². The van der Waals surface area contributed by atoms with Gasteiger partial charge in [0, 0.05) is 32.5 Å². The van der Waals surface area contributed by atoms with Crippen LogP contribution in [0.2, 0.25) is 0 Å². The smallest absolute Gasteiger partial charge is 0.321 e. The van der Waals surface area contributed by atoms with E-state index in [1.165, 1.54) is 24.1 Å². The van der Waals surface area contributed by atoms with Crippen molar-refractivity contribution in [2.75, 3.05) is 20.1 Å². The highest BCUT2D eigenvalue weighted by atomic mass is 32.2. The molecule has 0 aliphatic carbocycles. The van der Waals surface area contributed by atoms with Crippen LogP contribution in [-0.4, -0.2) is 109 Å². The Morgan fingerprint density at radius 3 is 2.11 bits per heavy atom. The van der Waals surface area contributed by atoms with Crippen LogP contribution in [0.1, 0.15) is 79.1 Å². The van der Waals surface area contributed by atoms with E-state index in [1.54, 1.807) is 17.0 Å². The number of primary amides is 1. The molecule has 1 aliphatic rings. The maximum absolute atomic E-state index is 14.1. The second-order valence-electron chi connectivity index (χ2n) is 15.1. The molecule has 0 spiro atoms. The van der Waals surface area contributed by atoms with E-state index >= 15 is 0 Å². The predicted molar refractivity (Wildman–Crippen MR) is 214 cm³/mol. The van der Waals surface area contributed by atoms with Crippen molar-refractivity contribution in [1.82, 2.24) is 25.2 Å². The monoisotopic (exact) mass is 813 g/mol. The minimum atomic E-state index is -4.29. The molecule has 1 heterocycles. The van der Waals surface area contributed by atoms with Crippen LogP contribution in [-0.2, 0) is 38.8 Å². The number of nitrogens with zero attached hydrogens (tertiary/aromatic N) is 2. The second kappa shape index (κ2) is 21.6. The number of rotatable bonds is 22. The number of likely N-dealkylation sites (N-methyl/N-ethyl adjacent to an activating group) is 1. The molecule has 0 unspecified atom stereocenters. The zero-order valence-electron chi connectivity index (χ0n) is 33.5. The van der Waals surface area contributed by atoms with Crippen LogP contribution >= 0.6 is 0 Å². The lowest BCUT2D eigenvalue weighted by molar-refractivity contribution is -0.149. The lowest BCUT2D eigenvalue weighted by Gasteiger charge is -2.38. The Morgan fingerprint density at radius 2 is 1.54 bits per heavy atom. The zero-order valence-corrected chi connectivity index (χ0v) is 34.3. The average molecular weight is 814 g/mol. The Hall–Kier alpha value is -4.87. The van der Waals surface area contributed by atoms with Crippen molar-refractivity contribution >= 4 is 45.5 Å². The number of carbonyl (C=O) groups excluding carboxylic acids is 5. The number of nitrogens with one attached hydrogen (secondary N) is 3. The molecule has 0 saturated carbocycles. The highest BCUT2D eigenvalue weighted by Crippen LogP contribution is 2.26. The summed E-state index contributed by atoms with van der Waals surface area (Å²) in [5, 5.41) is 15.1. The molecule has 1 aliphatic heterocycles. The molecule has 57 heavy (non-hydrogen) atoms. The first-order valence-corrected chi connectivity index (χ1v) is 20.9. The van der Waals surface area contributed by atoms with Gasteiger partial charge in [0.05, 0.1) is 4.90 Å². The van der Waals surface area contributed by atoms with Gasteiger partial charge in [-0.15, -0.1) is 0 Å². The first-order chi connectivity index (χ1) is 26.9. The minimum Gasteiger partial charge on any atom is -0.480 e. The summed E-state index contributed by atoms with van der Waals surface area (Å²) in [6.07, 6.45) is 1.22. The number of likely N-dealkylation sites (tertiary alicyclic amines) is 1. The number of amides is 5. The molecule has 8 N–H and O–H groups in total. The third-order valence-corrected chi connectivity index (χ3v) is 11.7. The van der Waals surface area contributed by atoms with Gasteiger partial charge in [-0.05, 0) is 73.7 Å². The molecule has 3 rings (SSSR count). The summed E-state index contributed by atoms with van der Waals surface area (Å²) >= 11 is 0. The molecule has 5 amide bonds. The number of aliphatic carboxylic acids is 1. The van der Waals surface area contributed by atoms with Crippen molar-refractivity contribution in [1.29, 1.82) is 0 Å². The lowest BCUT2D eigenvalue weighted by Crippen LogP contribution is -2.59. The number of benzene rings is 2. The highest BCUT2D eigenvalue weighted by molar-refractivity contribution is 7.89. The Morgan fingerprint density at radius 1 is 0.912 bits per heavy atom. The predicted octanol–water partition coefficient (Wildman–Crippen LogP) is 1.97. The molecule has 16 nitrogen and oxygen atoms in total. The largest absolute Gasteiger partial charge is 0.480 e. The van der Waals surface area contributed by atoms with Gasteiger partial charge in [0.25, 0.3) is 0 Å². The summed E-state index contributed by atoms with van der Waals surface area (Å²) in [5.74, 6) is -4.59. The Kier molecular flexibility index (Phi) is 17.6. The van der Waals surface area contributed by atoms with Gasteiger partial charge in [0.2, 0.25) is 39.6 Å². The lowest BCUT2D eigenvalue weighted by atomic mass is 9.94. The molecule has 314 valence electrons. The number of carbonyl (C=O) groups is 6. The van der Waals surface area contributed by atoms with Gasteiger partial charge in [-0.3, -0.25) is 28.8 Å². The van der Waals surface area contributed by atoms with E-state index in [9.17, 15) is 42.3 Å². The SMILES string of the molecule is CC[C@H](C)[C@@H](C(=O)N1CCC[C@H]1CC(N)=O)N(C)C(=O)[C@H](CC(C)C)NC(=O)[C@H](CCN)NC(=O)CC[C@@H](NS(=O)(=O)c1ccc(-c2ccccc2)cc1)C(=O)O. The van der Waals surface area contributed by atoms with Crippen molar-refractivity contribution in [3.8, 4) is 11.1 Å². The van der Waals surface area contributed by atoms with Gasteiger partial charge < -0.3 is 37.0 Å². The van der Waals surface area contributed by atoms with Crippen LogP contribution in [0.5, 0.6) is 0 Å². The molecule has 1 saturated heterocycles. The number of carboxylic acid groups (broad SMARTS) is 1. The van der Waals surface area contributed by atoms with E-state index in [0.29, 0.717) is 25.8 Å². The van der Waals surface area contributed by atoms with Gasteiger partial charge in [0.1, 0.15) is 24.2 Å². The van der Waals surface area contributed by atoms with Crippen LogP contribution in [0.3, 0.4) is 0 Å². The molecule has 0 bridgehead atoms. The minimum absolute atomic E-state index is 0.0193. The van der Waals surface area contributed by atoms with E-state index in [4.69, 9.17) is 11.5 Å². The van der Waals surface area contributed by atoms with E-state index in [-0.39, 0.29) is 54.5 Å². The summed E-state index contributed by atoms with van der Waals surface area (Å²) in [6.45, 7) is 7.91. The number of hydrogen-bond donors (Lipinski definition) is 6. The van der Waals surface area contributed by atoms with Crippen molar-refractivity contribution in [3.05, 3.63) is 54.6 Å². The molecular weight excluding hydrogens is 755 g/mol. The topological polar surface area (TPSA) is 251 Å². The van der Waals surface area contributed by atoms with Crippen molar-refractivity contribution in [3.63, 3.8) is 0 Å². The van der Waals surface area contributed by atoms with Crippen LogP contribution in [0.15, 0.2) is 59.5 Å². The average Bonchev–Trinajstić information content (AvgIpc) is 3.63. The van der Waals surface area contributed by atoms with Gasteiger partial charge >= 0.3 is 5.97 Å². The highest BCUT2D eigenvalue weighted by Gasteiger charge is 2.41. The van der Waals surface area contributed by atoms with Crippen LogP contribution < -0.4 is 26.8 Å². The number of carboxylic acids is 1. The molecule has 6 atom stereocenters. The van der Waals surface area contributed by atoms with Gasteiger partial charge in [-0.2, -0.15) is 4.72 Å². The summed E-state index contributed by atoms with van der Waals surface area (Å²) in [5.41, 5.74) is 12.9. The maximum atomic E-state index is 14.1. The summed E-state index contributed by atoms with van der Waals surface area (Å²) < 4.78 is 28.4. The Balaban J connectivity index is 1.70. The van der Waals surface area contributed by atoms with Gasteiger partial charge in [-0.1, -0.05) is 76.6 Å². The number of hydrogen-bond acceptors (Lipinski definition) is 9. The third kappa shape index (κ3) is 13.4. The van der Waals surface area contributed by atoms with E-state index < -0.39 is 76.6 Å². The summed E-state index contributed by atoms with van der Waals surface area (Å²) in [4.78, 5) is 81.6. The number of nitrogens with two attached hydrogens (primary N) is 2. The molecule has 2 aromatic rings. The van der Waals surface area contributed by atoms with Crippen LogP contribution in [0.25, 0.3) is 11.1 Å². The molecule has 17 heteroatoms. The van der Waals surface area contributed by atoms with E-state index in [1.807, 2.05) is 58.0 Å². The molecule has 0 aromatic heterocycles. The molecule has 0 radical (unpaired) electrons. The summed E-state index contributed by atoms with van der Waals surface area (Å²) in [7, 11) is -2.77. The van der Waals surface area contributed by atoms with Gasteiger partial charge in [-0.25, -0.2) is 8.42 Å². The fourth-order valence-corrected chi connectivity index (χ4v) is 8.25. The normalized spacial score (nSPS) is 16.9. The fourth-order valence-electron chi connectivity index (χ4n) is 7.02. The van der Waals surface area contributed by atoms with Crippen molar-refractivity contribution in [2.45, 2.75) is 114 Å². The van der Waals surface area contributed by atoms with Gasteiger partial charge in [0.15, 0.2) is 0 Å². The Labute approximate surface area is 335 Å². The number of sulfonamides is 1. The first-order valence-electron chi connectivity index (χ1n) is 19.5. The van der Waals surface area contributed by atoms with E-state index in [0.717, 1.165) is 11.1 Å². The quantitative estimate of drug-likeness (QED) is 0.101. The fraction of sp³-hybridized carbons (Fsp3) is 0.550. The molecular formula is C40H59N7O9S. The molecule has 1 fully saturated rings. The first kappa shape index (κ1) is 46.5. The van der Waals surface area contributed by atoms with Crippen LogP contribution in [0, 0.1) is 11.8 Å². The maximum Gasteiger partial charge on any atom is 0.321 e. The van der Waals surface area contributed by atoms with Crippen molar-refractivity contribution in [2.24, 2.45) is 23.3 Å². The summed E-state index contributed by atoms with van der Waals surface area (Å²) in [6, 6.07) is 10.0. The second-order valence-corrected chi connectivity index (χ2v) is 16.8.